The van der Waals surface area contributed by atoms with Gasteiger partial charge in [-0.05, 0) is 49.0 Å². The summed E-state index contributed by atoms with van der Waals surface area (Å²) in [6.07, 6.45) is 3.96. The Morgan fingerprint density at radius 1 is 1.14 bits per heavy atom. The van der Waals surface area contributed by atoms with Gasteiger partial charge in [0.2, 0.25) is 0 Å². The maximum Gasteiger partial charge on any atom is 0.252 e. The highest BCUT2D eigenvalue weighted by Gasteiger charge is 2.39. The number of amides is 1. The molecule has 21 heavy (non-hydrogen) atoms. The highest BCUT2D eigenvalue weighted by molar-refractivity contribution is 5.97. The molecule has 0 N–H and O–H groups in total. The lowest BCUT2D eigenvalue weighted by Crippen LogP contribution is -2.36. The van der Waals surface area contributed by atoms with Crippen molar-refractivity contribution in [2.75, 3.05) is 14.2 Å². The average molecular weight is 287 g/mol. The quantitative estimate of drug-likeness (QED) is 0.854. The van der Waals surface area contributed by atoms with Crippen LogP contribution in [0, 0.1) is 0 Å². The molecule has 1 aliphatic carbocycles. The van der Waals surface area contributed by atoms with E-state index in [1.807, 2.05) is 29.2 Å². The number of carbonyl (C=O) groups is 1. The van der Waals surface area contributed by atoms with Crippen molar-refractivity contribution in [1.29, 1.82) is 0 Å². The van der Waals surface area contributed by atoms with Crippen molar-refractivity contribution < 1.29 is 14.3 Å². The molecule has 1 amide bonds. The Balaban J connectivity index is 1.80. The predicted molar refractivity (Wildman–Crippen MR) is 79.8 cm³/mol. The number of hydrogen-bond acceptors (Lipinski definition) is 3. The van der Waals surface area contributed by atoms with Gasteiger partial charge in [0.15, 0.2) is 6.23 Å². The van der Waals surface area contributed by atoms with Gasteiger partial charge < -0.3 is 14.4 Å². The topological polar surface area (TPSA) is 38.8 Å². The summed E-state index contributed by atoms with van der Waals surface area (Å²) in [5, 5.41) is 0. The minimum absolute atomic E-state index is 0.146. The molecular formula is C17H21NO3. The monoisotopic (exact) mass is 287 g/mol. The van der Waals surface area contributed by atoms with E-state index in [1.165, 1.54) is 5.57 Å². The van der Waals surface area contributed by atoms with E-state index in [4.69, 9.17) is 9.47 Å². The molecule has 0 saturated carbocycles. The lowest BCUT2D eigenvalue weighted by atomic mass is 9.93. The smallest absolute Gasteiger partial charge is 0.252 e. The van der Waals surface area contributed by atoms with Gasteiger partial charge in [-0.25, -0.2) is 0 Å². The van der Waals surface area contributed by atoms with Crippen LogP contribution in [0.25, 0.3) is 0 Å². The summed E-state index contributed by atoms with van der Waals surface area (Å²) >= 11 is 0. The van der Waals surface area contributed by atoms with Crippen molar-refractivity contribution in [3.63, 3.8) is 0 Å². The van der Waals surface area contributed by atoms with Gasteiger partial charge in [-0.2, -0.15) is 0 Å². The predicted octanol–water partition coefficient (Wildman–Crippen LogP) is 2.88. The van der Waals surface area contributed by atoms with E-state index < -0.39 is 0 Å². The zero-order chi connectivity index (χ0) is 14.8. The van der Waals surface area contributed by atoms with E-state index in [0.29, 0.717) is 6.54 Å². The van der Waals surface area contributed by atoms with Crippen LogP contribution in [0.15, 0.2) is 35.4 Å². The van der Waals surface area contributed by atoms with E-state index in [1.54, 1.807) is 14.2 Å². The SMILES string of the molecule is COc1ccc(CN2C(=O)C3=C(CCCC3)[C@@H]2OC)cc1. The summed E-state index contributed by atoms with van der Waals surface area (Å²) in [5.41, 5.74) is 3.27. The first kappa shape index (κ1) is 14.1. The number of methoxy groups -OCH3 is 2. The first-order valence-corrected chi connectivity index (χ1v) is 7.43. The van der Waals surface area contributed by atoms with Crippen molar-refractivity contribution >= 4 is 5.91 Å². The third-order valence-corrected chi connectivity index (χ3v) is 4.35. The van der Waals surface area contributed by atoms with E-state index in [0.717, 1.165) is 42.6 Å². The van der Waals surface area contributed by atoms with E-state index >= 15 is 0 Å². The summed E-state index contributed by atoms with van der Waals surface area (Å²) in [6, 6.07) is 7.84. The van der Waals surface area contributed by atoms with Crippen LogP contribution in [-0.2, 0) is 16.1 Å². The Bertz CT molecular complexity index is 562. The second-order valence-corrected chi connectivity index (χ2v) is 5.58. The first-order chi connectivity index (χ1) is 10.2. The minimum atomic E-state index is -0.185. The molecule has 4 heteroatoms. The molecule has 1 atom stereocenters. The number of hydrogen-bond donors (Lipinski definition) is 0. The van der Waals surface area contributed by atoms with Crippen molar-refractivity contribution in [3.8, 4) is 5.75 Å². The summed E-state index contributed by atoms with van der Waals surface area (Å²) in [4.78, 5) is 14.4. The zero-order valence-electron chi connectivity index (χ0n) is 12.6. The fourth-order valence-corrected chi connectivity index (χ4v) is 3.27. The Morgan fingerprint density at radius 3 is 2.52 bits per heavy atom. The Morgan fingerprint density at radius 2 is 1.86 bits per heavy atom. The number of nitrogens with zero attached hydrogens (tertiary/aromatic N) is 1. The van der Waals surface area contributed by atoms with Gasteiger partial charge in [-0.1, -0.05) is 12.1 Å². The first-order valence-electron chi connectivity index (χ1n) is 7.43. The van der Waals surface area contributed by atoms with Crippen LogP contribution in [0.5, 0.6) is 5.75 Å². The second kappa shape index (κ2) is 5.90. The van der Waals surface area contributed by atoms with Gasteiger partial charge >= 0.3 is 0 Å². The normalized spacial score (nSPS) is 21.7. The van der Waals surface area contributed by atoms with E-state index in [2.05, 4.69) is 0 Å². The van der Waals surface area contributed by atoms with Gasteiger partial charge in [0.25, 0.3) is 5.91 Å². The van der Waals surface area contributed by atoms with Gasteiger partial charge in [0, 0.05) is 19.2 Å². The fourth-order valence-electron chi connectivity index (χ4n) is 3.27. The molecule has 1 aromatic rings. The maximum atomic E-state index is 12.6. The average Bonchev–Trinajstić information content (AvgIpc) is 2.80. The van der Waals surface area contributed by atoms with Crippen molar-refractivity contribution in [3.05, 3.63) is 41.0 Å². The lowest BCUT2D eigenvalue weighted by Gasteiger charge is -2.26. The van der Waals surface area contributed by atoms with Crippen LogP contribution in [0.3, 0.4) is 0 Å². The number of benzene rings is 1. The van der Waals surface area contributed by atoms with Crippen LogP contribution in [-0.4, -0.2) is 31.3 Å². The lowest BCUT2D eigenvalue weighted by molar-refractivity contribution is -0.134. The molecule has 0 fully saturated rings. The molecule has 1 aliphatic heterocycles. The third-order valence-electron chi connectivity index (χ3n) is 4.35. The summed E-state index contributed by atoms with van der Waals surface area (Å²) in [6.45, 7) is 0.578. The Kier molecular flexibility index (Phi) is 3.97. The molecule has 112 valence electrons. The van der Waals surface area contributed by atoms with Gasteiger partial charge in [0.1, 0.15) is 5.75 Å². The van der Waals surface area contributed by atoms with Gasteiger partial charge in [-0.3, -0.25) is 4.79 Å². The molecule has 0 unspecified atom stereocenters. The van der Waals surface area contributed by atoms with Crippen LogP contribution >= 0.6 is 0 Å². The van der Waals surface area contributed by atoms with Gasteiger partial charge in [-0.15, -0.1) is 0 Å². The van der Waals surface area contributed by atoms with E-state index in [-0.39, 0.29) is 12.1 Å². The molecule has 0 saturated heterocycles. The Hall–Kier alpha value is -1.81. The standard InChI is InChI=1S/C17H21NO3/c1-20-13-9-7-12(8-10-13)11-18-16(19)14-5-3-4-6-15(14)17(18)21-2/h7-10,17H,3-6,11H2,1-2H3/t17-/m0/s1. The second-order valence-electron chi connectivity index (χ2n) is 5.58. The van der Waals surface area contributed by atoms with Crippen molar-refractivity contribution in [1.82, 2.24) is 4.90 Å². The van der Waals surface area contributed by atoms with Gasteiger partial charge in [0.05, 0.1) is 7.11 Å². The fraction of sp³-hybridized carbons (Fsp3) is 0.471. The molecule has 1 aromatic carbocycles. The molecule has 2 aliphatic rings. The zero-order valence-corrected chi connectivity index (χ0v) is 12.6. The third kappa shape index (κ3) is 2.56. The number of rotatable bonds is 4. The van der Waals surface area contributed by atoms with Crippen LogP contribution in [0.2, 0.25) is 0 Å². The van der Waals surface area contributed by atoms with Crippen molar-refractivity contribution in [2.45, 2.75) is 38.5 Å². The number of carbonyl (C=O) groups excluding carboxylic acids is 1. The van der Waals surface area contributed by atoms with Crippen molar-refractivity contribution in [2.24, 2.45) is 0 Å². The molecule has 0 bridgehead atoms. The molecule has 3 rings (SSSR count). The van der Waals surface area contributed by atoms with Crippen LogP contribution < -0.4 is 4.74 Å². The summed E-state index contributed by atoms with van der Waals surface area (Å²) in [7, 11) is 3.33. The number of ether oxygens (including phenoxy) is 2. The molecular weight excluding hydrogens is 266 g/mol. The largest absolute Gasteiger partial charge is 0.497 e. The highest BCUT2D eigenvalue weighted by Crippen LogP contribution is 2.37. The molecule has 0 radical (unpaired) electrons. The van der Waals surface area contributed by atoms with Crippen LogP contribution in [0.4, 0.5) is 0 Å². The summed E-state index contributed by atoms with van der Waals surface area (Å²) in [5.74, 6) is 0.972. The highest BCUT2D eigenvalue weighted by atomic mass is 16.5. The van der Waals surface area contributed by atoms with Crippen LogP contribution in [0.1, 0.15) is 31.2 Å². The maximum absolute atomic E-state index is 12.6. The molecule has 1 heterocycles. The minimum Gasteiger partial charge on any atom is -0.497 e. The molecule has 0 spiro atoms. The Labute approximate surface area is 125 Å². The van der Waals surface area contributed by atoms with E-state index in [9.17, 15) is 4.79 Å². The molecule has 0 aromatic heterocycles. The summed E-state index contributed by atoms with van der Waals surface area (Å²) < 4.78 is 10.8. The molecule has 4 nitrogen and oxygen atoms in total.